The van der Waals surface area contributed by atoms with Gasteiger partial charge in [-0.25, -0.2) is 0 Å². The molecule has 0 spiro atoms. The maximum Gasteiger partial charge on any atom is 0.0675 e. The molecule has 0 aromatic rings. The van der Waals surface area contributed by atoms with Crippen molar-refractivity contribution in [1.29, 1.82) is 0 Å². The molecule has 0 saturated heterocycles. The minimum Gasteiger partial charge on any atom is -0.545 e. The Hall–Kier alpha value is -0.830. The molecule has 11 heavy (non-hydrogen) atoms. The van der Waals surface area contributed by atoms with Crippen LogP contribution in [0.3, 0.4) is 0 Å². The molecule has 0 radical (unpaired) electrons. The topological polar surface area (TPSA) is 40.1 Å². The number of rotatable bonds is 1. The molecular weight excluding hydrogens is 142 g/mol. The maximum atomic E-state index is 9.49. The molecule has 0 saturated carbocycles. The van der Waals surface area contributed by atoms with Gasteiger partial charge in [0.1, 0.15) is 0 Å². The van der Waals surface area contributed by atoms with Crippen LogP contribution in [0.5, 0.6) is 0 Å². The van der Waals surface area contributed by atoms with Crippen molar-refractivity contribution in [2.45, 2.75) is 6.92 Å². The van der Waals surface area contributed by atoms with E-state index in [9.17, 15) is 9.90 Å². The van der Waals surface area contributed by atoms with Crippen molar-refractivity contribution >= 4 is 5.97 Å². The summed E-state index contributed by atoms with van der Waals surface area (Å²) in [7, 11) is 8.50. The summed E-state index contributed by atoms with van der Waals surface area (Å²) in [4.78, 5) is 9.49. The first kappa shape index (κ1) is 12.8. The van der Waals surface area contributed by atoms with E-state index < -0.39 is 5.97 Å². The van der Waals surface area contributed by atoms with E-state index in [1.165, 1.54) is 6.92 Å². The lowest BCUT2D eigenvalue weighted by Gasteiger charge is -2.14. The fourth-order valence-electron chi connectivity index (χ4n) is 0. The van der Waals surface area contributed by atoms with Crippen LogP contribution in [0.15, 0.2) is 12.2 Å². The Balaban J connectivity index is 0. The fourth-order valence-corrected chi connectivity index (χ4v) is 0. The molecule has 0 amide bonds. The molecule has 0 aromatic carbocycles. The number of hydrogen-bond donors (Lipinski definition) is 0. The van der Waals surface area contributed by atoms with Gasteiger partial charge >= 0.3 is 0 Å². The number of carboxylic acid groups (broad SMARTS) is 1. The van der Waals surface area contributed by atoms with Crippen molar-refractivity contribution in [3.63, 3.8) is 0 Å². The minimum atomic E-state index is -1.19. The summed E-state index contributed by atoms with van der Waals surface area (Å²) in [5, 5.41) is 9.49. The number of quaternary nitrogens is 1. The molecule has 0 N–H and O–H groups in total. The van der Waals surface area contributed by atoms with E-state index >= 15 is 0 Å². The van der Waals surface area contributed by atoms with Crippen LogP contribution in [-0.2, 0) is 4.79 Å². The zero-order valence-corrected chi connectivity index (χ0v) is 7.97. The third-order valence-corrected chi connectivity index (χ3v) is 0.348. The van der Waals surface area contributed by atoms with E-state index in [1.54, 1.807) is 0 Å². The van der Waals surface area contributed by atoms with Crippen molar-refractivity contribution in [3.8, 4) is 0 Å². The summed E-state index contributed by atoms with van der Waals surface area (Å²) in [5.41, 5.74) is 0.0648. The minimum absolute atomic E-state index is 0.0648. The highest BCUT2D eigenvalue weighted by atomic mass is 16.4. The molecule has 0 atom stereocenters. The Bertz CT molecular complexity index is 127. The fraction of sp³-hybridized carbons (Fsp3) is 0.625. The molecule has 0 rings (SSSR count). The van der Waals surface area contributed by atoms with E-state index in [0.717, 1.165) is 4.48 Å². The summed E-state index contributed by atoms with van der Waals surface area (Å²) in [6.07, 6.45) is 0. The maximum absolute atomic E-state index is 9.49. The standard InChI is InChI=1S/C4H12N.C4H6O2/c1-5(2,3)4;1-3(2)4(5)6/h1-4H3;1H2,2H3,(H,5,6)/q+1;/p-1. The van der Waals surface area contributed by atoms with Gasteiger partial charge in [0.05, 0.1) is 34.2 Å². The highest BCUT2D eigenvalue weighted by molar-refractivity contribution is 5.82. The van der Waals surface area contributed by atoms with E-state index in [0.29, 0.717) is 0 Å². The zero-order chi connectivity index (χ0) is 9.65. The van der Waals surface area contributed by atoms with Crippen LogP contribution in [0.25, 0.3) is 0 Å². The first-order valence-electron chi connectivity index (χ1n) is 3.30. The van der Waals surface area contributed by atoms with Gasteiger partial charge in [0.15, 0.2) is 0 Å². The van der Waals surface area contributed by atoms with Crippen molar-refractivity contribution in [2.75, 3.05) is 28.2 Å². The SMILES string of the molecule is C=C(C)C(=O)[O-].C[N+](C)(C)C. The first-order chi connectivity index (χ1) is 4.64. The molecule has 66 valence electrons. The molecule has 3 nitrogen and oxygen atoms in total. The van der Waals surface area contributed by atoms with E-state index in [4.69, 9.17) is 0 Å². The second-order valence-corrected chi connectivity index (χ2v) is 3.75. The predicted molar refractivity (Wildman–Crippen MR) is 43.8 cm³/mol. The highest BCUT2D eigenvalue weighted by Gasteiger charge is 1.88. The van der Waals surface area contributed by atoms with Crippen LogP contribution in [-0.4, -0.2) is 38.6 Å². The number of nitrogens with zero attached hydrogens (tertiary/aromatic N) is 1. The average molecular weight is 159 g/mol. The molecule has 0 aliphatic heterocycles. The van der Waals surface area contributed by atoms with Gasteiger partial charge in [-0.2, -0.15) is 0 Å². The Labute approximate surface area is 68.5 Å². The van der Waals surface area contributed by atoms with Gasteiger partial charge in [-0.3, -0.25) is 0 Å². The molecule has 0 aliphatic rings. The number of aliphatic carboxylic acids is 1. The molecule has 3 heteroatoms. The Morgan fingerprint density at radius 3 is 1.36 bits per heavy atom. The summed E-state index contributed by atoms with van der Waals surface area (Å²) in [6, 6.07) is 0. The zero-order valence-electron chi connectivity index (χ0n) is 7.97. The molecule has 0 heterocycles. The lowest BCUT2D eigenvalue weighted by Crippen LogP contribution is -2.27. The summed E-state index contributed by atoms with van der Waals surface area (Å²) < 4.78 is 1.00. The van der Waals surface area contributed by atoms with Crippen LogP contribution in [0, 0.1) is 0 Å². The highest BCUT2D eigenvalue weighted by Crippen LogP contribution is 1.77. The molecule has 0 aliphatic carbocycles. The van der Waals surface area contributed by atoms with Gasteiger partial charge in [0.25, 0.3) is 0 Å². The molecule has 0 unspecified atom stereocenters. The van der Waals surface area contributed by atoms with Crippen molar-refractivity contribution in [1.82, 2.24) is 0 Å². The van der Waals surface area contributed by atoms with Gasteiger partial charge in [-0.05, 0) is 12.5 Å². The summed E-state index contributed by atoms with van der Waals surface area (Å²) in [5.74, 6) is -1.19. The Morgan fingerprint density at radius 1 is 1.27 bits per heavy atom. The molecule has 0 aromatic heterocycles. The average Bonchev–Trinajstić information content (AvgIpc) is 1.59. The van der Waals surface area contributed by atoms with E-state index in [-0.39, 0.29) is 5.57 Å². The Kier molecular flexibility index (Phi) is 5.71. The number of hydrogen-bond acceptors (Lipinski definition) is 2. The summed E-state index contributed by atoms with van der Waals surface area (Å²) >= 11 is 0. The van der Waals surface area contributed by atoms with Crippen molar-refractivity contribution in [2.24, 2.45) is 0 Å². The van der Waals surface area contributed by atoms with Gasteiger partial charge < -0.3 is 14.4 Å². The molecule has 0 bridgehead atoms. The summed E-state index contributed by atoms with van der Waals surface area (Å²) in [6.45, 7) is 4.48. The molecule has 0 fully saturated rings. The van der Waals surface area contributed by atoms with E-state index in [2.05, 4.69) is 34.8 Å². The quantitative estimate of drug-likeness (QED) is 0.387. The number of carbonyl (C=O) groups is 1. The van der Waals surface area contributed by atoms with Crippen LogP contribution < -0.4 is 5.11 Å². The third-order valence-electron chi connectivity index (χ3n) is 0.348. The second kappa shape index (κ2) is 4.91. The van der Waals surface area contributed by atoms with Gasteiger partial charge in [-0.15, -0.1) is 0 Å². The van der Waals surface area contributed by atoms with Crippen LogP contribution in [0.4, 0.5) is 0 Å². The predicted octanol–water partition coefficient (Wildman–Crippen LogP) is -0.365. The lowest BCUT2D eigenvalue weighted by atomic mass is 10.4. The van der Waals surface area contributed by atoms with Gasteiger partial charge in [0.2, 0.25) is 0 Å². The van der Waals surface area contributed by atoms with Crippen LogP contribution in [0.1, 0.15) is 6.92 Å². The monoisotopic (exact) mass is 159 g/mol. The first-order valence-corrected chi connectivity index (χ1v) is 3.30. The van der Waals surface area contributed by atoms with Gasteiger partial charge in [0, 0.05) is 0 Å². The van der Waals surface area contributed by atoms with Crippen molar-refractivity contribution in [3.05, 3.63) is 12.2 Å². The molecular formula is C8H17NO2. The lowest BCUT2D eigenvalue weighted by molar-refractivity contribution is -0.849. The second-order valence-electron chi connectivity index (χ2n) is 3.75. The Morgan fingerprint density at radius 2 is 1.36 bits per heavy atom. The third kappa shape index (κ3) is 46.9. The van der Waals surface area contributed by atoms with Crippen LogP contribution >= 0.6 is 0 Å². The number of carbonyl (C=O) groups excluding carboxylic acids is 1. The van der Waals surface area contributed by atoms with E-state index in [1.807, 2.05) is 0 Å². The van der Waals surface area contributed by atoms with Crippen molar-refractivity contribution < 1.29 is 14.4 Å². The smallest absolute Gasteiger partial charge is 0.0675 e. The van der Waals surface area contributed by atoms with Gasteiger partial charge in [-0.1, -0.05) is 6.58 Å². The largest absolute Gasteiger partial charge is 0.545 e. The van der Waals surface area contributed by atoms with Crippen LogP contribution in [0.2, 0.25) is 0 Å². The number of carboxylic acids is 1. The normalized spacial score (nSPS) is 9.55.